The molecule has 1 atom stereocenters. The van der Waals surface area contributed by atoms with Crippen LogP contribution in [-0.4, -0.2) is 6.54 Å². The molecule has 0 amide bonds. The second-order valence-corrected chi connectivity index (χ2v) is 7.55. The summed E-state index contributed by atoms with van der Waals surface area (Å²) in [6.07, 6.45) is 0.977. The molecule has 1 nitrogen and oxygen atoms in total. The van der Waals surface area contributed by atoms with Gasteiger partial charge in [0.1, 0.15) is 0 Å². The molecule has 0 aromatic heterocycles. The van der Waals surface area contributed by atoms with Gasteiger partial charge in [0.25, 0.3) is 0 Å². The highest BCUT2D eigenvalue weighted by Gasteiger charge is 2.15. The van der Waals surface area contributed by atoms with E-state index in [4.69, 9.17) is 5.73 Å². The minimum Gasteiger partial charge on any atom is -0.330 e. The fourth-order valence-corrected chi connectivity index (χ4v) is 2.99. The quantitative estimate of drug-likeness (QED) is 0.825. The van der Waals surface area contributed by atoms with E-state index >= 15 is 0 Å². The fraction of sp³-hybridized carbons (Fsp3) is 0.368. The van der Waals surface area contributed by atoms with Crippen molar-refractivity contribution < 1.29 is 0 Å². The predicted octanol–water partition coefficient (Wildman–Crippen LogP) is 5.03. The summed E-state index contributed by atoms with van der Waals surface area (Å²) in [5.74, 6) is 0.369. The molecule has 2 aromatic carbocycles. The second kappa shape index (κ2) is 6.76. The molecule has 2 heteroatoms. The van der Waals surface area contributed by atoms with Crippen LogP contribution in [0, 0.1) is 0 Å². The summed E-state index contributed by atoms with van der Waals surface area (Å²) in [6.45, 7) is 7.39. The van der Waals surface area contributed by atoms with Gasteiger partial charge in [0.05, 0.1) is 0 Å². The Balaban J connectivity index is 2.18. The normalized spacial score (nSPS) is 13.2. The van der Waals surface area contributed by atoms with Crippen LogP contribution in [0.25, 0.3) is 0 Å². The summed E-state index contributed by atoms with van der Waals surface area (Å²) in [4.78, 5) is 0. The van der Waals surface area contributed by atoms with Gasteiger partial charge in [-0.05, 0) is 47.2 Å². The van der Waals surface area contributed by atoms with Gasteiger partial charge < -0.3 is 5.73 Å². The molecule has 2 aromatic rings. The fourth-order valence-electron chi connectivity index (χ4n) is 2.54. The molecule has 0 radical (unpaired) electrons. The summed E-state index contributed by atoms with van der Waals surface area (Å²) in [7, 11) is 0. The Bertz CT molecular complexity index is 581. The number of hydrogen-bond acceptors (Lipinski definition) is 1. The van der Waals surface area contributed by atoms with Crippen molar-refractivity contribution in [2.45, 2.75) is 38.5 Å². The molecule has 21 heavy (non-hydrogen) atoms. The number of hydrogen-bond donors (Lipinski definition) is 1. The van der Waals surface area contributed by atoms with E-state index in [0.717, 1.165) is 10.9 Å². The van der Waals surface area contributed by atoms with Crippen molar-refractivity contribution in [3.8, 4) is 0 Å². The van der Waals surface area contributed by atoms with Crippen molar-refractivity contribution in [1.82, 2.24) is 0 Å². The summed E-state index contributed by atoms with van der Waals surface area (Å²) < 4.78 is 1.12. The first-order valence-corrected chi connectivity index (χ1v) is 8.24. The maximum absolute atomic E-state index is 6.00. The van der Waals surface area contributed by atoms with E-state index in [2.05, 4.69) is 85.2 Å². The number of halogens is 1. The van der Waals surface area contributed by atoms with Crippen molar-refractivity contribution in [1.29, 1.82) is 0 Å². The molecule has 0 aliphatic carbocycles. The van der Waals surface area contributed by atoms with E-state index in [1.807, 2.05) is 0 Å². The first-order chi connectivity index (χ1) is 9.90. The summed E-state index contributed by atoms with van der Waals surface area (Å²) in [5.41, 5.74) is 10.2. The third-order valence-electron chi connectivity index (χ3n) is 3.90. The Morgan fingerprint density at radius 3 is 2.24 bits per heavy atom. The smallest absolute Gasteiger partial charge is 0.0177 e. The largest absolute Gasteiger partial charge is 0.330 e. The van der Waals surface area contributed by atoms with Crippen LogP contribution in [0.2, 0.25) is 0 Å². The Labute approximate surface area is 136 Å². The van der Waals surface area contributed by atoms with E-state index in [1.165, 1.54) is 16.7 Å². The van der Waals surface area contributed by atoms with E-state index in [0.29, 0.717) is 12.5 Å². The summed E-state index contributed by atoms with van der Waals surface area (Å²) in [6, 6.07) is 17.4. The van der Waals surface area contributed by atoms with Crippen LogP contribution in [0.1, 0.15) is 43.4 Å². The van der Waals surface area contributed by atoms with Crippen LogP contribution in [-0.2, 0) is 11.8 Å². The zero-order valence-electron chi connectivity index (χ0n) is 13.1. The van der Waals surface area contributed by atoms with Gasteiger partial charge in [0.15, 0.2) is 0 Å². The molecule has 0 aliphatic heterocycles. The van der Waals surface area contributed by atoms with E-state index in [1.54, 1.807) is 0 Å². The maximum atomic E-state index is 6.00. The molecule has 0 aliphatic rings. The number of rotatable bonds is 4. The van der Waals surface area contributed by atoms with Crippen molar-refractivity contribution in [2.24, 2.45) is 5.73 Å². The molecule has 0 saturated heterocycles. The topological polar surface area (TPSA) is 26.0 Å². The molecule has 0 bridgehead atoms. The van der Waals surface area contributed by atoms with Gasteiger partial charge >= 0.3 is 0 Å². The first-order valence-electron chi connectivity index (χ1n) is 7.45. The lowest BCUT2D eigenvalue weighted by Crippen LogP contribution is -2.16. The average Bonchev–Trinajstić information content (AvgIpc) is 2.44. The van der Waals surface area contributed by atoms with Crippen molar-refractivity contribution in [3.05, 3.63) is 69.7 Å². The monoisotopic (exact) mass is 345 g/mol. The molecular weight excluding hydrogens is 322 g/mol. The molecule has 0 spiro atoms. The highest BCUT2D eigenvalue weighted by Crippen LogP contribution is 2.26. The highest BCUT2D eigenvalue weighted by molar-refractivity contribution is 9.10. The van der Waals surface area contributed by atoms with Crippen molar-refractivity contribution in [3.63, 3.8) is 0 Å². The SMILES string of the molecule is CC(C)(C)c1ccc(C(CN)Cc2cccc(Br)c2)cc1. The minimum atomic E-state index is 0.195. The zero-order valence-corrected chi connectivity index (χ0v) is 14.7. The first kappa shape index (κ1) is 16.3. The number of nitrogens with two attached hydrogens (primary N) is 1. The summed E-state index contributed by atoms with van der Waals surface area (Å²) >= 11 is 3.53. The molecule has 2 N–H and O–H groups in total. The zero-order chi connectivity index (χ0) is 15.5. The average molecular weight is 346 g/mol. The lowest BCUT2D eigenvalue weighted by molar-refractivity contribution is 0.589. The van der Waals surface area contributed by atoms with Crippen LogP contribution in [0.15, 0.2) is 53.0 Å². The molecule has 1 unspecified atom stereocenters. The van der Waals surface area contributed by atoms with Gasteiger partial charge in [-0.2, -0.15) is 0 Å². The third-order valence-corrected chi connectivity index (χ3v) is 4.40. The van der Waals surface area contributed by atoms with Crippen molar-refractivity contribution >= 4 is 15.9 Å². The number of benzene rings is 2. The minimum absolute atomic E-state index is 0.195. The third kappa shape index (κ3) is 4.42. The van der Waals surface area contributed by atoms with Gasteiger partial charge in [0.2, 0.25) is 0 Å². The van der Waals surface area contributed by atoms with Crippen molar-refractivity contribution in [2.75, 3.05) is 6.54 Å². The standard InChI is InChI=1S/C19H24BrN/c1-19(2,3)17-9-7-15(8-10-17)16(13-21)11-14-5-4-6-18(20)12-14/h4-10,12,16H,11,13,21H2,1-3H3. The van der Waals surface area contributed by atoms with Crippen LogP contribution >= 0.6 is 15.9 Å². The molecular formula is C19H24BrN. The van der Waals surface area contributed by atoms with Crippen LogP contribution in [0.5, 0.6) is 0 Å². The van der Waals surface area contributed by atoms with Gasteiger partial charge in [-0.1, -0.05) is 73.1 Å². The molecule has 112 valence electrons. The van der Waals surface area contributed by atoms with Gasteiger partial charge in [-0.3, -0.25) is 0 Å². The maximum Gasteiger partial charge on any atom is 0.0177 e. The lowest BCUT2D eigenvalue weighted by atomic mass is 9.84. The molecule has 0 saturated carbocycles. The van der Waals surface area contributed by atoms with Gasteiger partial charge in [-0.25, -0.2) is 0 Å². The van der Waals surface area contributed by atoms with Gasteiger partial charge in [0, 0.05) is 10.4 Å². The molecule has 2 rings (SSSR count). The van der Waals surface area contributed by atoms with E-state index in [9.17, 15) is 0 Å². The van der Waals surface area contributed by atoms with E-state index < -0.39 is 0 Å². The van der Waals surface area contributed by atoms with Gasteiger partial charge in [-0.15, -0.1) is 0 Å². The Morgan fingerprint density at radius 2 is 1.71 bits per heavy atom. The van der Waals surface area contributed by atoms with Crippen LogP contribution in [0.3, 0.4) is 0 Å². The Kier molecular flexibility index (Phi) is 5.23. The lowest BCUT2D eigenvalue weighted by Gasteiger charge is -2.21. The molecule has 0 heterocycles. The molecule has 0 fully saturated rings. The second-order valence-electron chi connectivity index (χ2n) is 6.64. The highest BCUT2D eigenvalue weighted by atomic mass is 79.9. The van der Waals surface area contributed by atoms with Crippen LogP contribution < -0.4 is 5.73 Å². The van der Waals surface area contributed by atoms with E-state index in [-0.39, 0.29) is 5.41 Å². The predicted molar refractivity (Wildman–Crippen MR) is 94.8 cm³/mol. The Hall–Kier alpha value is -1.12. The van der Waals surface area contributed by atoms with Crippen LogP contribution in [0.4, 0.5) is 0 Å². The Morgan fingerprint density at radius 1 is 1.05 bits per heavy atom. The summed E-state index contributed by atoms with van der Waals surface area (Å²) in [5, 5.41) is 0.